The van der Waals surface area contributed by atoms with Crippen molar-refractivity contribution < 1.29 is 14.6 Å². The number of methoxy groups -OCH3 is 1. The summed E-state index contributed by atoms with van der Waals surface area (Å²) in [6.07, 6.45) is 2.56. The summed E-state index contributed by atoms with van der Waals surface area (Å²) < 4.78 is 6.38. The normalized spacial score (nSPS) is 11.8. The molecule has 3 aromatic carbocycles. The molecular weight excluding hydrogens is 370 g/mol. The second-order valence-electron chi connectivity index (χ2n) is 6.52. The van der Waals surface area contributed by atoms with Crippen LogP contribution >= 0.6 is 11.3 Å². The molecule has 1 N–H and O–H groups in total. The van der Waals surface area contributed by atoms with Crippen LogP contribution in [0.25, 0.3) is 32.6 Å². The molecule has 140 valence electrons. The van der Waals surface area contributed by atoms with Gasteiger partial charge in [0, 0.05) is 6.42 Å². The van der Waals surface area contributed by atoms with Crippen molar-refractivity contribution in [2.45, 2.75) is 12.8 Å². The molecule has 1 aromatic heterocycles. The molecule has 0 aliphatic carbocycles. The lowest BCUT2D eigenvalue weighted by Gasteiger charge is -2.06. The first-order chi connectivity index (χ1) is 13.6. The number of rotatable bonds is 6. The standard InChI is InChI=1S/C23H19NO3S/c1-27-19-10-8-16-12-15(6-7-17(16)14-19)13-18(9-11-22(25)26)23-24-20-4-2-3-5-21(20)28-23/h2-8,10,12-14H,9,11H2,1H3,(H,25,26)/b18-13+. The number of hydrogen-bond donors (Lipinski definition) is 1. The number of allylic oxidation sites excluding steroid dienone is 1. The van der Waals surface area contributed by atoms with E-state index in [9.17, 15) is 4.79 Å². The first kappa shape index (κ1) is 18.2. The number of fused-ring (bicyclic) bond motifs is 2. The summed E-state index contributed by atoms with van der Waals surface area (Å²) in [5.74, 6) is 0.0185. The Balaban J connectivity index is 1.75. The number of benzene rings is 3. The minimum atomic E-state index is -0.808. The van der Waals surface area contributed by atoms with Gasteiger partial charge in [-0.05, 0) is 64.7 Å². The smallest absolute Gasteiger partial charge is 0.303 e. The maximum absolute atomic E-state index is 11.1. The quantitative estimate of drug-likeness (QED) is 0.448. The Bertz CT molecular complexity index is 1160. The van der Waals surface area contributed by atoms with Crippen LogP contribution in [0.5, 0.6) is 5.75 Å². The van der Waals surface area contributed by atoms with Gasteiger partial charge in [0.05, 0.1) is 17.3 Å². The van der Waals surface area contributed by atoms with Crippen molar-refractivity contribution in [2.24, 2.45) is 0 Å². The molecule has 0 saturated carbocycles. The zero-order chi connectivity index (χ0) is 19.5. The fraction of sp³-hybridized carbons (Fsp3) is 0.130. The van der Waals surface area contributed by atoms with Gasteiger partial charge in [-0.1, -0.05) is 30.3 Å². The number of nitrogens with zero attached hydrogens (tertiary/aromatic N) is 1. The molecule has 0 aliphatic rings. The monoisotopic (exact) mass is 389 g/mol. The van der Waals surface area contributed by atoms with E-state index in [1.165, 1.54) is 0 Å². The van der Waals surface area contributed by atoms with E-state index in [1.54, 1.807) is 18.4 Å². The molecule has 0 amide bonds. The number of para-hydroxylation sites is 1. The predicted octanol–water partition coefficient (Wildman–Crippen LogP) is 5.86. The van der Waals surface area contributed by atoms with Crippen molar-refractivity contribution in [2.75, 3.05) is 7.11 Å². The molecule has 0 saturated heterocycles. The number of aliphatic carboxylic acids is 1. The molecule has 4 aromatic rings. The van der Waals surface area contributed by atoms with E-state index in [-0.39, 0.29) is 6.42 Å². The SMILES string of the molecule is COc1ccc2cc(/C=C(\CCC(=O)O)c3nc4ccccc4s3)ccc2c1. The Morgan fingerprint density at radius 2 is 1.86 bits per heavy atom. The topological polar surface area (TPSA) is 59.4 Å². The Morgan fingerprint density at radius 3 is 2.64 bits per heavy atom. The van der Waals surface area contributed by atoms with Crippen LogP contribution in [-0.4, -0.2) is 23.2 Å². The lowest BCUT2D eigenvalue weighted by atomic mass is 10.0. The number of carboxylic acid groups (broad SMARTS) is 1. The maximum Gasteiger partial charge on any atom is 0.303 e. The van der Waals surface area contributed by atoms with Gasteiger partial charge in [-0.2, -0.15) is 0 Å². The Kier molecular flexibility index (Phi) is 5.08. The van der Waals surface area contributed by atoms with Crippen LogP contribution in [0.2, 0.25) is 0 Å². The highest BCUT2D eigenvalue weighted by Crippen LogP contribution is 2.31. The van der Waals surface area contributed by atoms with Gasteiger partial charge < -0.3 is 9.84 Å². The zero-order valence-electron chi connectivity index (χ0n) is 15.4. The fourth-order valence-electron chi connectivity index (χ4n) is 3.15. The highest BCUT2D eigenvalue weighted by Gasteiger charge is 2.11. The van der Waals surface area contributed by atoms with Crippen LogP contribution < -0.4 is 4.74 Å². The van der Waals surface area contributed by atoms with Crippen LogP contribution in [0.1, 0.15) is 23.4 Å². The van der Waals surface area contributed by atoms with Crippen molar-refractivity contribution in [1.29, 1.82) is 0 Å². The molecule has 1 heterocycles. The highest BCUT2D eigenvalue weighted by molar-refractivity contribution is 7.19. The molecule has 0 unspecified atom stereocenters. The van der Waals surface area contributed by atoms with Gasteiger partial charge in [-0.3, -0.25) is 4.79 Å². The third kappa shape index (κ3) is 3.89. The van der Waals surface area contributed by atoms with Gasteiger partial charge in [0.1, 0.15) is 10.8 Å². The minimum absolute atomic E-state index is 0.0759. The molecule has 0 fully saturated rings. The number of hydrogen-bond acceptors (Lipinski definition) is 4. The molecule has 0 radical (unpaired) electrons. The summed E-state index contributed by atoms with van der Waals surface area (Å²) in [5, 5.41) is 12.2. The van der Waals surface area contributed by atoms with Gasteiger partial charge in [-0.25, -0.2) is 4.98 Å². The van der Waals surface area contributed by atoms with Gasteiger partial charge in [-0.15, -0.1) is 11.3 Å². The van der Waals surface area contributed by atoms with Crippen molar-refractivity contribution in [3.8, 4) is 5.75 Å². The summed E-state index contributed by atoms with van der Waals surface area (Å²) in [6.45, 7) is 0. The van der Waals surface area contributed by atoms with E-state index in [1.807, 2.05) is 54.6 Å². The van der Waals surface area contributed by atoms with E-state index in [2.05, 4.69) is 12.1 Å². The number of carbonyl (C=O) groups is 1. The lowest BCUT2D eigenvalue weighted by Crippen LogP contribution is -1.95. The third-order valence-electron chi connectivity index (χ3n) is 4.59. The molecule has 0 bridgehead atoms. The van der Waals surface area contributed by atoms with E-state index in [4.69, 9.17) is 14.8 Å². The van der Waals surface area contributed by atoms with Crippen LogP contribution in [0.3, 0.4) is 0 Å². The summed E-state index contributed by atoms with van der Waals surface area (Å²) in [6, 6.07) is 20.1. The Hall–Kier alpha value is -3.18. The summed E-state index contributed by atoms with van der Waals surface area (Å²) in [7, 11) is 1.66. The molecule has 28 heavy (non-hydrogen) atoms. The minimum Gasteiger partial charge on any atom is -0.497 e. The average molecular weight is 389 g/mol. The van der Waals surface area contributed by atoms with Crippen molar-refractivity contribution >= 4 is 49.9 Å². The summed E-state index contributed by atoms with van der Waals surface area (Å²) >= 11 is 1.60. The summed E-state index contributed by atoms with van der Waals surface area (Å²) in [5.41, 5.74) is 2.91. The van der Waals surface area contributed by atoms with Gasteiger partial charge in [0.2, 0.25) is 0 Å². The van der Waals surface area contributed by atoms with Crippen molar-refractivity contribution in [3.05, 3.63) is 71.2 Å². The van der Waals surface area contributed by atoms with Crippen molar-refractivity contribution in [1.82, 2.24) is 4.98 Å². The summed E-state index contributed by atoms with van der Waals surface area (Å²) in [4.78, 5) is 15.9. The first-order valence-corrected chi connectivity index (χ1v) is 9.80. The lowest BCUT2D eigenvalue weighted by molar-refractivity contribution is -0.136. The second kappa shape index (κ2) is 7.82. The van der Waals surface area contributed by atoms with Crippen LogP contribution in [0, 0.1) is 0 Å². The van der Waals surface area contributed by atoms with E-state index in [0.29, 0.717) is 6.42 Å². The molecule has 5 heteroatoms. The van der Waals surface area contributed by atoms with Gasteiger partial charge >= 0.3 is 5.97 Å². The highest BCUT2D eigenvalue weighted by atomic mass is 32.1. The molecule has 0 spiro atoms. The number of ether oxygens (including phenoxy) is 1. The van der Waals surface area contributed by atoms with Crippen LogP contribution in [0.15, 0.2) is 60.7 Å². The molecule has 4 nitrogen and oxygen atoms in total. The zero-order valence-corrected chi connectivity index (χ0v) is 16.2. The van der Waals surface area contributed by atoms with Crippen molar-refractivity contribution in [3.63, 3.8) is 0 Å². The Labute approximate surface area is 166 Å². The van der Waals surface area contributed by atoms with E-state index >= 15 is 0 Å². The van der Waals surface area contributed by atoms with E-state index in [0.717, 1.165) is 42.9 Å². The van der Waals surface area contributed by atoms with Crippen LogP contribution in [0.4, 0.5) is 0 Å². The Morgan fingerprint density at radius 1 is 1.07 bits per heavy atom. The maximum atomic E-state index is 11.1. The third-order valence-corrected chi connectivity index (χ3v) is 5.70. The molecule has 0 aliphatic heterocycles. The van der Waals surface area contributed by atoms with E-state index < -0.39 is 5.97 Å². The average Bonchev–Trinajstić information content (AvgIpc) is 3.14. The molecular formula is C23H19NO3S. The number of carboxylic acids is 1. The number of aromatic nitrogens is 1. The van der Waals surface area contributed by atoms with Crippen LogP contribution in [-0.2, 0) is 4.79 Å². The molecule has 0 atom stereocenters. The first-order valence-electron chi connectivity index (χ1n) is 8.98. The fourth-order valence-corrected chi connectivity index (χ4v) is 4.16. The number of thiazole rings is 1. The predicted molar refractivity (Wildman–Crippen MR) is 115 cm³/mol. The van der Waals surface area contributed by atoms with Gasteiger partial charge in [0.15, 0.2) is 0 Å². The second-order valence-corrected chi connectivity index (χ2v) is 7.55. The van der Waals surface area contributed by atoms with Gasteiger partial charge in [0.25, 0.3) is 0 Å². The largest absolute Gasteiger partial charge is 0.497 e. The molecule has 4 rings (SSSR count).